The zero-order chi connectivity index (χ0) is 27.7. The van der Waals surface area contributed by atoms with E-state index in [4.69, 9.17) is 33.2 Å². The van der Waals surface area contributed by atoms with Crippen LogP contribution in [0.3, 0.4) is 0 Å². The standard InChI is InChI=1S/C30H30O10/c1-13-8-18(29(33)38-13)26(32)28-30(40-28)39-27-15-5-6-19(31)25(15)24(14-4-7-20-23(9-14)37-12-36-20)16-10-21(34-2)22(35-3)11-17(16)27/h4,7,9-11,13,18,26,28-30,32-33H,5-6,8,12H2,1-3H3. The number of carbonyl (C=O) groups excluding carboxylic acids is 1. The second-order valence-electron chi connectivity index (χ2n) is 10.6. The summed E-state index contributed by atoms with van der Waals surface area (Å²) in [7, 11) is 3.12. The number of methoxy groups -OCH3 is 2. The molecule has 2 saturated heterocycles. The van der Waals surface area contributed by atoms with Gasteiger partial charge >= 0.3 is 0 Å². The van der Waals surface area contributed by atoms with E-state index in [1.807, 2.05) is 37.3 Å². The Balaban J connectivity index is 1.35. The van der Waals surface area contributed by atoms with Crippen molar-refractivity contribution in [2.24, 2.45) is 5.92 Å². The van der Waals surface area contributed by atoms with E-state index in [2.05, 4.69) is 0 Å². The first-order valence-corrected chi connectivity index (χ1v) is 13.4. The van der Waals surface area contributed by atoms with E-state index in [1.54, 1.807) is 14.2 Å². The van der Waals surface area contributed by atoms with Crippen molar-refractivity contribution in [2.75, 3.05) is 21.0 Å². The van der Waals surface area contributed by atoms with Gasteiger partial charge in [-0.05, 0) is 55.0 Å². The molecule has 0 saturated carbocycles. The van der Waals surface area contributed by atoms with Gasteiger partial charge in [0.05, 0.1) is 26.4 Å². The highest BCUT2D eigenvalue weighted by molar-refractivity contribution is 6.16. The lowest BCUT2D eigenvalue weighted by molar-refractivity contribution is -0.124. The summed E-state index contributed by atoms with van der Waals surface area (Å²) in [6.45, 7) is 2.00. The molecule has 3 aromatic rings. The van der Waals surface area contributed by atoms with Gasteiger partial charge in [-0.3, -0.25) is 4.79 Å². The molecule has 0 amide bonds. The van der Waals surface area contributed by atoms with E-state index >= 15 is 0 Å². The second-order valence-corrected chi connectivity index (χ2v) is 10.6. The fourth-order valence-corrected chi connectivity index (χ4v) is 6.24. The van der Waals surface area contributed by atoms with Crippen LogP contribution in [-0.2, 0) is 15.9 Å². The number of benzene rings is 3. The largest absolute Gasteiger partial charge is 0.493 e. The first-order valence-electron chi connectivity index (χ1n) is 13.4. The molecule has 10 nitrogen and oxygen atoms in total. The van der Waals surface area contributed by atoms with Gasteiger partial charge in [0, 0.05) is 34.4 Å². The molecule has 6 atom stereocenters. The van der Waals surface area contributed by atoms with E-state index in [-0.39, 0.29) is 18.7 Å². The van der Waals surface area contributed by atoms with Crippen LogP contribution in [0, 0.1) is 5.92 Å². The van der Waals surface area contributed by atoms with Crippen molar-refractivity contribution >= 4 is 16.6 Å². The maximum atomic E-state index is 13.4. The average Bonchev–Trinajstić information content (AvgIpc) is 3.20. The molecule has 7 rings (SSSR count). The molecule has 3 aromatic carbocycles. The van der Waals surface area contributed by atoms with E-state index in [0.717, 1.165) is 27.5 Å². The Morgan fingerprint density at radius 1 is 0.950 bits per heavy atom. The summed E-state index contributed by atoms with van der Waals surface area (Å²) >= 11 is 0. The lowest BCUT2D eigenvalue weighted by Gasteiger charge is -2.21. The normalized spacial score (nSPS) is 27.1. The number of Topliss-reactive ketones (excluding diaryl/α,β-unsaturated/α-hetero) is 1. The smallest absolute Gasteiger partial charge is 0.231 e. The number of epoxide rings is 1. The van der Waals surface area contributed by atoms with Crippen LogP contribution in [0.5, 0.6) is 28.7 Å². The van der Waals surface area contributed by atoms with Crippen molar-refractivity contribution in [3.05, 3.63) is 41.5 Å². The molecular formula is C30H30O10. The van der Waals surface area contributed by atoms with E-state index in [1.165, 1.54) is 0 Å². The summed E-state index contributed by atoms with van der Waals surface area (Å²) in [6.07, 6.45) is -2.20. The Labute approximate surface area is 230 Å². The Hall–Kier alpha value is -3.57. The van der Waals surface area contributed by atoms with E-state index in [9.17, 15) is 15.0 Å². The molecule has 210 valence electrons. The van der Waals surface area contributed by atoms with Gasteiger partial charge in [-0.25, -0.2) is 0 Å². The quantitative estimate of drug-likeness (QED) is 0.422. The minimum Gasteiger partial charge on any atom is -0.493 e. The number of aliphatic hydroxyl groups is 2. The van der Waals surface area contributed by atoms with E-state index in [0.29, 0.717) is 53.6 Å². The molecular weight excluding hydrogens is 520 g/mol. The summed E-state index contributed by atoms with van der Waals surface area (Å²) in [4.78, 5) is 13.4. The Morgan fingerprint density at radius 2 is 1.70 bits per heavy atom. The second kappa shape index (κ2) is 9.52. The molecule has 1 aliphatic carbocycles. The van der Waals surface area contributed by atoms with Gasteiger partial charge in [0.25, 0.3) is 0 Å². The fraction of sp³-hybridized carbons (Fsp3) is 0.433. The Bertz CT molecular complexity index is 1520. The van der Waals surface area contributed by atoms with Gasteiger partial charge in [0.2, 0.25) is 13.1 Å². The molecule has 6 unspecified atom stereocenters. The van der Waals surface area contributed by atoms with Gasteiger partial charge in [-0.1, -0.05) is 6.07 Å². The van der Waals surface area contributed by atoms with Gasteiger partial charge < -0.3 is 43.4 Å². The number of ketones is 1. The van der Waals surface area contributed by atoms with Gasteiger partial charge in [0.15, 0.2) is 41.2 Å². The van der Waals surface area contributed by atoms with Crippen LogP contribution in [0.2, 0.25) is 0 Å². The first-order chi connectivity index (χ1) is 19.4. The van der Waals surface area contributed by atoms with Crippen LogP contribution in [0.25, 0.3) is 21.9 Å². The number of carbonyl (C=O) groups is 1. The van der Waals surface area contributed by atoms with Gasteiger partial charge in [0.1, 0.15) is 5.75 Å². The van der Waals surface area contributed by atoms with Crippen molar-refractivity contribution in [3.8, 4) is 39.9 Å². The monoisotopic (exact) mass is 550 g/mol. The molecule has 4 aliphatic rings. The zero-order valence-electron chi connectivity index (χ0n) is 22.3. The summed E-state index contributed by atoms with van der Waals surface area (Å²) in [5.41, 5.74) is 2.92. The third kappa shape index (κ3) is 3.97. The third-order valence-corrected chi connectivity index (χ3v) is 8.24. The summed E-state index contributed by atoms with van der Waals surface area (Å²) < 4.78 is 40.0. The molecule has 40 heavy (non-hydrogen) atoms. The molecule has 2 N–H and O–H groups in total. The molecule has 0 aromatic heterocycles. The highest BCUT2D eigenvalue weighted by Crippen LogP contribution is 2.51. The van der Waals surface area contributed by atoms with Gasteiger partial charge in [-0.2, -0.15) is 0 Å². The topological polar surface area (TPSA) is 125 Å². The van der Waals surface area contributed by atoms with Crippen molar-refractivity contribution in [1.82, 2.24) is 0 Å². The van der Waals surface area contributed by atoms with Crippen molar-refractivity contribution < 1.29 is 48.2 Å². The summed E-state index contributed by atoms with van der Waals surface area (Å²) in [5, 5.41) is 22.6. The summed E-state index contributed by atoms with van der Waals surface area (Å²) in [5.74, 6) is 2.33. The fourth-order valence-electron chi connectivity index (χ4n) is 6.24. The van der Waals surface area contributed by atoms with Gasteiger partial charge in [-0.15, -0.1) is 0 Å². The molecule has 3 aliphatic heterocycles. The number of fused-ring (bicyclic) bond motifs is 3. The van der Waals surface area contributed by atoms with Crippen molar-refractivity contribution in [2.45, 2.75) is 57.1 Å². The average molecular weight is 551 g/mol. The highest BCUT2D eigenvalue weighted by Gasteiger charge is 2.53. The predicted molar refractivity (Wildman–Crippen MR) is 141 cm³/mol. The van der Waals surface area contributed by atoms with Crippen molar-refractivity contribution in [1.29, 1.82) is 0 Å². The first kappa shape index (κ1) is 25.4. The lowest BCUT2D eigenvalue weighted by Crippen LogP contribution is -2.33. The number of hydrogen-bond acceptors (Lipinski definition) is 10. The minimum absolute atomic E-state index is 0.0118. The number of rotatable bonds is 7. The molecule has 10 heteroatoms. The highest BCUT2D eigenvalue weighted by atomic mass is 16.8. The minimum atomic E-state index is -1.06. The van der Waals surface area contributed by atoms with E-state index < -0.39 is 30.7 Å². The third-order valence-electron chi connectivity index (χ3n) is 8.24. The maximum absolute atomic E-state index is 13.4. The zero-order valence-corrected chi connectivity index (χ0v) is 22.3. The molecule has 2 fully saturated rings. The van der Waals surface area contributed by atoms with Crippen LogP contribution >= 0.6 is 0 Å². The van der Waals surface area contributed by atoms with Crippen LogP contribution in [0.4, 0.5) is 0 Å². The maximum Gasteiger partial charge on any atom is 0.231 e. The number of ether oxygens (including phenoxy) is 7. The number of aliphatic hydroxyl groups excluding tert-OH is 2. The molecule has 0 bridgehead atoms. The lowest BCUT2D eigenvalue weighted by atomic mass is 9.89. The van der Waals surface area contributed by atoms with Crippen LogP contribution < -0.4 is 23.7 Å². The SMILES string of the molecule is COc1cc2c(OC3OC3C(O)C3CC(C)OC3O)c3c(c(-c4ccc5c(c4)OCO5)c2cc1OC)C(=O)CC3. The van der Waals surface area contributed by atoms with Crippen molar-refractivity contribution in [3.63, 3.8) is 0 Å². The molecule has 0 radical (unpaired) electrons. The van der Waals surface area contributed by atoms with Crippen LogP contribution in [0.1, 0.15) is 35.7 Å². The Kier molecular flexibility index (Phi) is 6.04. The van der Waals surface area contributed by atoms with Crippen LogP contribution in [0.15, 0.2) is 30.3 Å². The summed E-state index contributed by atoms with van der Waals surface area (Å²) in [6, 6.07) is 9.32. The predicted octanol–water partition coefficient (Wildman–Crippen LogP) is 3.59. The Morgan fingerprint density at radius 3 is 2.42 bits per heavy atom. The van der Waals surface area contributed by atoms with Crippen LogP contribution in [-0.4, -0.2) is 67.9 Å². The molecule has 3 heterocycles. The number of hydrogen-bond donors (Lipinski definition) is 2. The molecule has 0 spiro atoms.